The SMILES string of the molecule is CC1(C)C2CCC1(CS(=O)(=O)Nc1ccc(I)cc1)C(=O)C2. The summed E-state index contributed by atoms with van der Waals surface area (Å²) < 4.78 is 28.9. The van der Waals surface area contributed by atoms with Gasteiger partial charge in [-0.3, -0.25) is 9.52 Å². The Labute approximate surface area is 145 Å². The molecule has 2 saturated carbocycles. The fourth-order valence-corrected chi connectivity index (χ4v) is 6.42. The van der Waals surface area contributed by atoms with Gasteiger partial charge in [0.1, 0.15) is 5.78 Å². The minimum atomic E-state index is -3.55. The smallest absolute Gasteiger partial charge is 0.233 e. The molecule has 0 heterocycles. The Hall–Kier alpha value is -0.630. The van der Waals surface area contributed by atoms with Crippen LogP contribution in [-0.2, 0) is 14.8 Å². The van der Waals surface area contributed by atoms with Crippen molar-refractivity contribution < 1.29 is 13.2 Å². The van der Waals surface area contributed by atoms with Crippen LogP contribution in [0.4, 0.5) is 5.69 Å². The summed E-state index contributed by atoms with van der Waals surface area (Å²) in [6, 6.07) is 7.20. The van der Waals surface area contributed by atoms with Crippen LogP contribution < -0.4 is 4.72 Å². The quantitative estimate of drug-likeness (QED) is 0.741. The predicted molar refractivity (Wildman–Crippen MR) is 95.1 cm³/mol. The van der Waals surface area contributed by atoms with Gasteiger partial charge in [-0.25, -0.2) is 8.42 Å². The van der Waals surface area contributed by atoms with Gasteiger partial charge in [0.2, 0.25) is 10.0 Å². The van der Waals surface area contributed by atoms with Crippen molar-refractivity contribution in [3.63, 3.8) is 0 Å². The lowest BCUT2D eigenvalue weighted by molar-refractivity contribution is -0.128. The van der Waals surface area contributed by atoms with Gasteiger partial charge in [0.15, 0.2) is 0 Å². The second-order valence-electron chi connectivity index (χ2n) is 7.03. The summed E-state index contributed by atoms with van der Waals surface area (Å²) in [5.74, 6) is 0.351. The first kappa shape index (κ1) is 16.2. The molecule has 1 N–H and O–H groups in total. The van der Waals surface area contributed by atoms with Crippen molar-refractivity contribution in [1.82, 2.24) is 0 Å². The minimum absolute atomic E-state index is 0.103. The van der Waals surface area contributed by atoms with E-state index in [1.165, 1.54) is 0 Å². The highest BCUT2D eigenvalue weighted by Gasteiger charge is 2.65. The number of carbonyl (C=O) groups is 1. The van der Waals surface area contributed by atoms with Crippen LogP contribution in [-0.4, -0.2) is 20.0 Å². The van der Waals surface area contributed by atoms with E-state index in [0.717, 1.165) is 9.99 Å². The molecular weight excluding hydrogens is 413 g/mol. The zero-order valence-corrected chi connectivity index (χ0v) is 15.7. The van der Waals surface area contributed by atoms with Crippen molar-refractivity contribution in [2.75, 3.05) is 10.5 Å². The molecule has 4 nitrogen and oxygen atoms in total. The number of carbonyl (C=O) groups excluding carboxylic acids is 1. The highest BCUT2D eigenvalue weighted by Crippen LogP contribution is 2.64. The largest absolute Gasteiger partial charge is 0.299 e. The molecule has 2 unspecified atom stereocenters. The van der Waals surface area contributed by atoms with E-state index in [-0.39, 0.29) is 17.0 Å². The van der Waals surface area contributed by atoms with Crippen LogP contribution in [0.1, 0.15) is 33.1 Å². The van der Waals surface area contributed by atoms with Crippen molar-refractivity contribution in [2.45, 2.75) is 33.1 Å². The zero-order chi connectivity index (χ0) is 16.2. The molecule has 0 aromatic heterocycles. The first-order valence-electron chi connectivity index (χ1n) is 7.46. The fraction of sp³-hybridized carbons (Fsp3) is 0.562. The van der Waals surface area contributed by atoms with Crippen molar-refractivity contribution in [1.29, 1.82) is 0 Å². The monoisotopic (exact) mass is 433 g/mol. The zero-order valence-electron chi connectivity index (χ0n) is 12.7. The van der Waals surface area contributed by atoms with Crippen LogP contribution in [0.2, 0.25) is 0 Å². The molecule has 6 heteroatoms. The first-order chi connectivity index (χ1) is 10.2. The van der Waals surface area contributed by atoms with Gasteiger partial charge < -0.3 is 0 Å². The number of sulfonamides is 1. The number of Topliss-reactive ketones (excluding diaryl/α,β-unsaturated/α-hetero) is 1. The lowest BCUT2D eigenvalue weighted by atomic mass is 9.70. The second kappa shape index (κ2) is 5.19. The van der Waals surface area contributed by atoms with Crippen molar-refractivity contribution in [3.05, 3.63) is 27.8 Å². The molecule has 1 aromatic rings. The van der Waals surface area contributed by atoms with E-state index in [1.54, 1.807) is 12.1 Å². The minimum Gasteiger partial charge on any atom is -0.299 e. The first-order valence-corrected chi connectivity index (χ1v) is 10.2. The van der Waals surface area contributed by atoms with Gasteiger partial charge >= 0.3 is 0 Å². The molecule has 0 amide bonds. The third-order valence-electron chi connectivity index (χ3n) is 5.69. The van der Waals surface area contributed by atoms with Crippen LogP contribution in [0.3, 0.4) is 0 Å². The molecule has 0 spiro atoms. The highest BCUT2D eigenvalue weighted by atomic mass is 127. The maximum atomic E-state index is 12.6. The number of nitrogens with one attached hydrogen (secondary N) is 1. The Balaban J connectivity index is 1.85. The van der Waals surface area contributed by atoms with E-state index < -0.39 is 15.4 Å². The lowest BCUT2D eigenvalue weighted by Gasteiger charge is -2.36. The van der Waals surface area contributed by atoms with Gasteiger partial charge in [-0.2, -0.15) is 0 Å². The fourth-order valence-electron chi connectivity index (χ4n) is 4.17. The number of hydrogen-bond acceptors (Lipinski definition) is 3. The Morgan fingerprint density at radius 2 is 1.91 bits per heavy atom. The van der Waals surface area contributed by atoms with E-state index in [1.807, 2.05) is 12.1 Å². The molecule has 2 aliphatic carbocycles. The number of benzene rings is 1. The molecule has 22 heavy (non-hydrogen) atoms. The topological polar surface area (TPSA) is 63.2 Å². The number of hydrogen-bond donors (Lipinski definition) is 1. The third-order valence-corrected chi connectivity index (χ3v) is 7.83. The predicted octanol–water partition coefficient (Wildman–Crippen LogP) is 3.43. The molecule has 2 bridgehead atoms. The summed E-state index contributed by atoms with van der Waals surface area (Å²) in [4.78, 5) is 12.5. The van der Waals surface area contributed by atoms with Gasteiger partial charge in [0, 0.05) is 15.7 Å². The van der Waals surface area contributed by atoms with Crippen LogP contribution in [0.25, 0.3) is 0 Å². The summed E-state index contributed by atoms with van der Waals surface area (Å²) in [5.41, 5.74) is -0.396. The normalized spacial score (nSPS) is 29.8. The molecule has 0 radical (unpaired) electrons. The number of fused-ring (bicyclic) bond motifs is 2. The standard InChI is InChI=1S/C16H20INO3S/c1-15(2)11-7-8-16(15,14(19)9-11)10-22(20,21)18-13-5-3-12(17)4-6-13/h3-6,11,18H,7-10H2,1-2H3. The maximum absolute atomic E-state index is 12.6. The Morgan fingerprint density at radius 1 is 1.27 bits per heavy atom. The van der Waals surface area contributed by atoms with Crippen LogP contribution >= 0.6 is 22.6 Å². The van der Waals surface area contributed by atoms with Crippen LogP contribution in [0.15, 0.2) is 24.3 Å². The van der Waals surface area contributed by atoms with E-state index in [4.69, 9.17) is 0 Å². The van der Waals surface area contributed by atoms with Gasteiger partial charge in [0.05, 0.1) is 11.2 Å². The summed E-state index contributed by atoms with van der Waals surface area (Å²) in [7, 11) is -3.55. The van der Waals surface area contributed by atoms with Crippen LogP contribution in [0.5, 0.6) is 0 Å². The molecule has 2 aliphatic rings. The summed E-state index contributed by atoms with van der Waals surface area (Å²) in [6.45, 7) is 4.10. The highest BCUT2D eigenvalue weighted by molar-refractivity contribution is 14.1. The molecule has 120 valence electrons. The Morgan fingerprint density at radius 3 is 2.41 bits per heavy atom. The molecular formula is C16H20INO3S. The molecule has 3 rings (SSSR count). The van der Waals surface area contributed by atoms with Gasteiger partial charge in [-0.05, 0) is 71.0 Å². The van der Waals surface area contributed by atoms with Gasteiger partial charge in [0.25, 0.3) is 0 Å². The maximum Gasteiger partial charge on any atom is 0.233 e. The average Bonchev–Trinajstić information content (AvgIpc) is 2.74. The van der Waals surface area contributed by atoms with Crippen LogP contribution in [0, 0.1) is 20.3 Å². The molecule has 0 aliphatic heterocycles. The van der Waals surface area contributed by atoms with Gasteiger partial charge in [-0.15, -0.1) is 0 Å². The van der Waals surface area contributed by atoms with Crippen molar-refractivity contribution in [2.24, 2.45) is 16.7 Å². The van der Waals surface area contributed by atoms with E-state index in [0.29, 0.717) is 24.4 Å². The van der Waals surface area contributed by atoms with Crippen molar-refractivity contribution >= 4 is 44.1 Å². The van der Waals surface area contributed by atoms with E-state index in [9.17, 15) is 13.2 Å². The number of anilines is 1. The summed E-state index contributed by atoms with van der Waals surface area (Å²) in [6.07, 6.45) is 2.18. The van der Waals surface area contributed by atoms with Crippen molar-refractivity contribution in [3.8, 4) is 0 Å². The number of halogens is 1. The molecule has 2 atom stereocenters. The Bertz CT molecular complexity index is 711. The van der Waals surface area contributed by atoms with Gasteiger partial charge in [-0.1, -0.05) is 13.8 Å². The summed E-state index contributed by atoms with van der Waals surface area (Å²) in [5, 5.41) is 0. The second-order valence-corrected chi connectivity index (χ2v) is 10.0. The van der Waals surface area contributed by atoms with E-state index in [2.05, 4.69) is 41.2 Å². The average molecular weight is 433 g/mol. The molecule has 2 fully saturated rings. The lowest BCUT2D eigenvalue weighted by Crippen LogP contribution is -2.43. The molecule has 1 aromatic carbocycles. The summed E-state index contributed by atoms with van der Waals surface area (Å²) >= 11 is 2.17. The molecule has 0 saturated heterocycles. The third kappa shape index (κ3) is 2.48. The number of rotatable bonds is 4. The van der Waals surface area contributed by atoms with E-state index >= 15 is 0 Å². The number of ketones is 1. The Kier molecular flexibility index (Phi) is 3.83.